The van der Waals surface area contributed by atoms with Crippen molar-refractivity contribution in [2.24, 2.45) is 0 Å². The van der Waals surface area contributed by atoms with E-state index >= 15 is 0 Å². The van der Waals surface area contributed by atoms with Crippen molar-refractivity contribution in [1.82, 2.24) is 10.3 Å². The fraction of sp³-hybridized carbons (Fsp3) is 0.400. The maximum atomic E-state index is 12.5. The Bertz CT molecular complexity index is 583. The summed E-state index contributed by atoms with van der Waals surface area (Å²) in [5.74, 6) is -1.22. The summed E-state index contributed by atoms with van der Waals surface area (Å²) < 4.78 is 10.2. The zero-order valence-corrected chi connectivity index (χ0v) is 12.9. The quantitative estimate of drug-likeness (QED) is 0.214. The van der Waals surface area contributed by atoms with Crippen LogP contribution in [0.3, 0.4) is 0 Å². The molecule has 1 N–H and O–H groups in total. The molecule has 1 atom stereocenters. The van der Waals surface area contributed by atoms with E-state index in [0.29, 0.717) is 13.2 Å². The molecular weight excluding hydrogens is 308 g/mol. The molecule has 0 spiro atoms. The standard InChI is InChI=1S/C15H17ClN2O4/c1-2-22-15(20)12(8-18-10-5-7-21-9-10)13(19)11-4-3-6-17-14(11)16/h3-4,6,8,10,18H,2,5,7,9H2,1H3/t10-/m1/s1. The highest BCUT2D eigenvalue weighted by Crippen LogP contribution is 2.17. The van der Waals surface area contributed by atoms with Gasteiger partial charge in [0.2, 0.25) is 5.78 Å². The summed E-state index contributed by atoms with van der Waals surface area (Å²) in [6, 6.07) is 3.17. The van der Waals surface area contributed by atoms with E-state index in [4.69, 9.17) is 21.1 Å². The summed E-state index contributed by atoms with van der Waals surface area (Å²) in [5, 5.41) is 3.07. The summed E-state index contributed by atoms with van der Waals surface area (Å²) in [4.78, 5) is 28.4. The first kappa shape index (κ1) is 16.5. The fourth-order valence-corrected chi connectivity index (χ4v) is 2.20. The van der Waals surface area contributed by atoms with Gasteiger partial charge in [0.1, 0.15) is 10.7 Å². The zero-order chi connectivity index (χ0) is 15.9. The van der Waals surface area contributed by atoms with Crippen molar-refractivity contribution in [2.45, 2.75) is 19.4 Å². The fourth-order valence-electron chi connectivity index (χ4n) is 1.99. The lowest BCUT2D eigenvalue weighted by molar-refractivity contribution is -0.138. The Balaban J connectivity index is 2.23. The molecule has 7 heteroatoms. The molecule has 0 radical (unpaired) electrons. The second-order valence-electron chi connectivity index (χ2n) is 4.68. The number of ketones is 1. The second kappa shape index (κ2) is 7.91. The monoisotopic (exact) mass is 324 g/mol. The van der Waals surface area contributed by atoms with E-state index in [1.165, 1.54) is 18.5 Å². The first-order valence-corrected chi connectivity index (χ1v) is 7.37. The maximum Gasteiger partial charge on any atom is 0.343 e. The third kappa shape index (κ3) is 4.05. The van der Waals surface area contributed by atoms with Crippen LogP contribution in [-0.2, 0) is 14.3 Å². The van der Waals surface area contributed by atoms with Crippen LogP contribution in [0, 0.1) is 0 Å². The highest BCUT2D eigenvalue weighted by Gasteiger charge is 2.24. The summed E-state index contributed by atoms with van der Waals surface area (Å²) in [6.45, 7) is 3.04. The third-order valence-electron chi connectivity index (χ3n) is 3.14. The number of esters is 1. The molecule has 118 valence electrons. The minimum Gasteiger partial charge on any atom is -0.462 e. The Morgan fingerprint density at radius 1 is 1.59 bits per heavy atom. The molecule has 1 fully saturated rings. The van der Waals surface area contributed by atoms with E-state index in [9.17, 15) is 9.59 Å². The molecule has 0 aromatic carbocycles. The molecule has 0 aliphatic carbocycles. The van der Waals surface area contributed by atoms with Crippen molar-refractivity contribution < 1.29 is 19.1 Å². The zero-order valence-electron chi connectivity index (χ0n) is 12.2. The predicted molar refractivity (Wildman–Crippen MR) is 80.7 cm³/mol. The van der Waals surface area contributed by atoms with Gasteiger partial charge >= 0.3 is 5.97 Å². The summed E-state index contributed by atoms with van der Waals surface area (Å²) >= 11 is 5.92. The molecule has 1 saturated heterocycles. The van der Waals surface area contributed by atoms with Crippen LogP contribution >= 0.6 is 11.6 Å². The van der Waals surface area contributed by atoms with E-state index in [-0.39, 0.29) is 28.9 Å². The second-order valence-corrected chi connectivity index (χ2v) is 5.03. The van der Waals surface area contributed by atoms with Crippen molar-refractivity contribution in [2.75, 3.05) is 19.8 Å². The van der Waals surface area contributed by atoms with Crippen molar-refractivity contribution in [3.8, 4) is 0 Å². The van der Waals surface area contributed by atoms with Gasteiger partial charge in [-0.15, -0.1) is 0 Å². The topological polar surface area (TPSA) is 77.5 Å². The van der Waals surface area contributed by atoms with Gasteiger partial charge in [-0.2, -0.15) is 0 Å². The predicted octanol–water partition coefficient (Wildman–Crippen LogP) is 1.74. The Kier molecular flexibility index (Phi) is 5.91. The highest BCUT2D eigenvalue weighted by molar-refractivity contribution is 6.35. The lowest BCUT2D eigenvalue weighted by Crippen LogP contribution is -2.27. The Hall–Kier alpha value is -1.92. The molecule has 2 heterocycles. The lowest BCUT2D eigenvalue weighted by atomic mass is 10.1. The first-order chi connectivity index (χ1) is 10.6. The van der Waals surface area contributed by atoms with Crippen molar-refractivity contribution in [3.05, 3.63) is 40.8 Å². The van der Waals surface area contributed by atoms with Gasteiger partial charge in [0.25, 0.3) is 0 Å². The largest absolute Gasteiger partial charge is 0.462 e. The van der Waals surface area contributed by atoms with Crippen LogP contribution in [-0.4, -0.2) is 42.6 Å². The SMILES string of the molecule is CCOC(=O)C(=CN[C@@H]1CCOC1)C(=O)c1cccnc1Cl. The number of nitrogens with zero attached hydrogens (tertiary/aromatic N) is 1. The molecule has 1 aromatic rings. The molecule has 1 aliphatic rings. The number of rotatable bonds is 6. The number of ether oxygens (including phenoxy) is 2. The van der Waals surface area contributed by atoms with Crippen LogP contribution in [0.15, 0.2) is 30.1 Å². The van der Waals surface area contributed by atoms with E-state index in [1.807, 2.05) is 0 Å². The molecule has 2 rings (SSSR count). The van der Waals surface area contributed by atoms with E-state index in [0.717, 1.165) is 6.42 Å². The van der Waals surface area contributed by atoms with Crippen LogP contribution in [0.2, 0.25) is 5.15 Å². The van der Waals surface area contributed by atoms with Gasteiger partial charge in [0, 0.05) is 19.0 Å². The summed E-state index contributed by atoms with van der Waals surface area (Å²) in [7, 11) is 0. The van der Waals surface area contributed by atoms with E-state index < -0.39 is 11.8 Å². The molecule has 6 nitrogen and oxygen atoms in total. The minimum atomic E-state index is -0.696. The Morgan fingerprint density at radius 2 is 2.41 bits per heavy atom. The van der Waals surface area contributed by atoms with Gasteiger partial charge < -0.3 is 14.8 Å². The van der Waals surface area contributed by atoms with Crippen molar-refractivity contribution in [3.63, 3.8) is 0 Å². The number of nitrogens with one attached hydrogen (secondary N) is 1. The van der Waals surface area contributed by atoms with Gasteiger partial charge in [-0.3, -0.25) is 4.79 Å². The van der Waals surface area contributed by atoms with Crippen LogP contribution in [0.4, 0.5) is 0 Å². The number of aromatic nitrogens is 1. The highest BCUT2D eigenvalue weighted by atomic mass is 35.5. The molecule has 0 saturated carbocycles. The van der Waals surface area contributed by atoms with E-state index in [1.54, 1.807) is 13.0 Å². The Morgan fingerprint density at radius 3 is 3.05 bits per heavy atom. The average Bonchev–Trinajstić information content (AvgIpc) is 3.01. The number of carbonyl (C=O) groups is 2. The molecule has 0 bridgehead atoms. The minimum absolute atomic E-state index is 0.0481. The number of hydrogen-bond donors (Lipinski definition) is 1. The average molecular weight is 325 g/mol. The van der Waals surface area contributed by atoms with Gasteiger partial charge in [-0.1, -0.05) is 11.6 Å². The molecule has 22 heavy (non-hydrogen) atoms. The Labute approximate surface area is 133 Å². The number of halogens is 1. The number of Topliss-reactive ketones (excluding diaryl/α,β-unsaturated/α-hetero) is 1. The number of hydrogen-bond acceptors (Lipinski definition) is 6. The van der Waals surface area contributed by atoms with Crippen LogP contribution in [0.5, 0.6) is 0 Å². The maximum absolute atomic E-state index is 12.5. The van der Waals surface area contributed by atoms with Crippen LogP contribution < -0.4 is 5.32 Å². The van der Waals surface area contributed by atoms with Crippen LogP contribution in [0.25, 0.3) is 0 Å². The smallest absolute Gasteiger partial charge is 0.343 e. The molecule has 1 aliphatic heterocycles. The van der Waals surface area contributed by atoms with Gasteiger partial charge in [0.15, 0.2) is 0 Å². The molecule has 0 amide bonds. The van der Waals surface area contributed by atoms with Crippen LogP contribution in [0.1, 0.15) is 23.7 Å². The first-order valence-electron chi connectivity index (χ1n) is 6.99. The molecule has 1 aromatic heterocycles. The number of carbonyl (C=O) groups excluding carboxylic acids is 2. The van der Waals surface area contributed by atoms with Crippen molar-refractivity contribution >= 4 is 23.4 Å². The molecule has 0 unspecified atom stereocenters. The van der Waals surface area contributed by atoms with Gasteiger partial charge in [-0.05, 0) is 25.5 Å². The van der Waals surface area contributed by atoms with Crippen molar-refractivity contribution in [1.29, 1.82) is 0 Å². The van der Waals surface area contributed by atoms with Gasteiger partial charge in [0.05, 0.1) is 24.8 Å². The summed E-state index contributed by atoms with van der Waals surface area (Å²) in [6.07, 6.45) is 3.67. The third-order valence-corrected chi connectivity index (χ3v) is 3.44. The van der Waals surface area contributed by atoms with E-state index in [2.05, 4.69) is 10.3 Å². The normalized spacial score (nSPS) is 18.1. The number of pyridine rings is 1. The lowest BCUT2D eigenvalue weighted by Gasteiger charge is -2.11. The summed E-state index contributed by atoms with van der Waals surface area (Å²) in [5.41, 5.74) is 0.0524. The molecular formula is C15H17ClN2O4. The van der Waals surface area contributed by atoms with Gasteiger partial charge in [-0.25, -0.2) is 9.78 Å².